The molecule has 0 spiro atoms. The molecule has 1 N–H and O–H groups in total. The molecule has 0 amide bonds. The lowest BCUT2D eigenvalue weighted by Gasteiger charge is -2.02. The van der Waals surface area contributed by atoms with E-state index in [0.29, 0.717) is 5.92 Å². The Morgan fingerprint density at radius 2 is 2.36 bits per heavy atom. The second kappa shape index (κ2) is 3.33. The van der Waals surface area contributed by atoms with Gasteiger partial charge in [0.15, 0.2) is 0 Å². The largest absolute Gasteiger partial charge is 0.550 e. The normalized spacial score (nSPS) is 24.6. The molecule has 2 unspecified atom stereocenters. The van der Waals surface area contributed by atoms with Crippen molar-refractivity contribution in [1.82, 2.24) is 0 Å². The van der Waals surface area contributed by atoms with Crippen LogP contribution in [0.25, 0.3) is 0 Å². The molecule has 3 nitrogen and oxygen atoms in total. The zero-order chi connectivity index (χ0) is 10.1. The van der Waals surface area contributed by atoms with Crippen molar-refractivity contribution in [3.63, 3.8) is 0 Å². The Balaban J connectivity index is 2.02. The average molecular weight is 191 g/mol. The van der Waals surface area contributed by atoms with Crippen LogP contribution in [0.1, 0.15) is 24.3 Å². The first kappa shape index (κ1) is 9.06. The first-order valence-electron chi connectivity index (χ1n) is 4.65. The summed E-state index contributed by atoms with van der Waals surface area (Å²) in [6.07, 6.45) is 1.01. The van der Waals surface area contributed by atoms with Gasteiger partial charge in [-0.05, 0) is 42.4 Å². The maximum absolute atomic E-state index is 10.3. The lowest BCUT2D eigenvalue weighted by molar-refractivity contribution is -0.306. The molecule has 0 bridgehead atoms. The highest BCUT2D eigenvalue weighted by Gasteiger charge is 2.37. The van der Waals surface area contributed by atoms with Crippen LogP contribution in [0.15, 0.2) is 24.3 Å². The molecule has 1 aliphatic carbocycles. The molecular weight excluding hydrogens is 180 g/mol. The van der Waals surface area contributed by atoms with Crippen LogP contribution >= 0.6 is 0 Å². The smallest absolute Gasteiger partial charge is 0.115 e. The topological polar surface area (TPSA) is 60.4 Å². The minimum absolute atomic E-state index is 0.125. The number of hydrogen-bond acceptors (Lipinski definition) is 3. The molecule has 1 aromatic carbocycles. The summed E-state index contributed by atoms with van der Waals surface area (Å²) < 4.78 is 0. The fraction of sp³-hybridized carbons (Fsp3) is 0.364. The molecule has 0 aromatic heterocycles. The Morgan fingerprint density at radius 1 is 1.57 bits per heavy atom. The highest BCUT2D eigenvalue weighted by atomic mass is 16.4. The second-order valence-corrected chi connectivity index (χ2v) is 3.77. The summed E-state index contributed by atoms with van der Waals surface area (Å²) >= 11 is 0. The van der Waals surface area contributed by atoms with E-state index < -0.39 is 5.97 Å². The molecule has 1 aromatic rings. The maximum atomic E-state index is 10.3. The molecule has 3 heteroatoms. The third-order valence-electron chi connectivity index (χ3n) is 2.65. The molecule has 2 atom stereocenters. The number of hydrogen-bond donors (Lipinski definition) is 1. The van der Waals surface area contributed by atoms with Gasteiger partial charge in [-0.2, -0.15) is 0 Å². The number of carboxylic acid groups (broad SMARTS) is 1. The van der Waals surface area contributed by atoms with E-state index in [1.54, 1.807) is 18.2 Å². The number of phenols is 1. The van der Waals surface area contributed by atoms with Gasteiger partial charge in [0.1, 0.15) is 5.75 Å². The molecule has 1 saturated carbocycles. The van der Waals surface area contributed by atoms with Gasteiger partial charge in [0.05, 0.1) is 0 Å². The molecule has 14 heavy (non-hydrogen) atoms. The highest BCUT2D eigenvalue weighted by molar-refractivity contribution is 5.65. The van der Waals surface area contributed by atoms with Crippen molar-refractivity contribution in [2.75, 3.05) is 0 Å². The van der Waals surface area contributed by atoms with Gasteiger partial charge in [-0.1, -0.05) is 12.1 Å². The summed E-state index contributed by atoms with van der Waals surface area (Å²) in [6, 6.07) is 7.00. The lowest BCUT2D eigenvalue weighted by Crippen LogP contribution is -2.22. The summed E-state index contributed by atoms with van der Waals surface area (Å²) in [4.78, 5) is 10.3. The first-order chi connectivity index (χ1) is 6.66. The Kier molecular flexibility index (Phi) is 2.15. The van der Waals surface area contributed by atoms with E-state index in [1.807, 2.05) is 6.07 Å². The van der Waals surface area contributed by atoms with Crippen molar-refractivity contribution in [2.45, 2.75) is 18.8 Å². The van der Waals surface area contributed by atoms with Crippen molar-refractivity contribution in [3.8, 4) is 5.75 Å². The second-order valence-electron chi connectivity index (χ2n) is 3.77. The molecule has 1 fully saturated rings. The van der Waals surface area contributed by atoms with Gasteiger partial charge < -0.3 is 15.0 Å². The number of carbonyl (C=O) groups is 1. The quantitative estimate of drug-likeness (QED) is 0.762. The zero-order valence-corrected chi connectivity index (χ0v) is 7.64. The number of carbonyl (C=O) groups excluding carboxylic acids is 1. The van der Waals surface area contributed by atoms with Gasteiger partial charge in [0, 0.05) is 5.97 Å². The van der Waals surface area contributed by atoms with Gasteiger partial charge in [0.25, 0.3) is 0 Å². The van der Waals surface area contributed by atoms with Crippen LogP contribution in [-0.2, 0) is 4.79 Å². The molecule has 0 aliphatic heterocycles. The van der Waals surface area contributed by atoms with E-state index in [2.05, 4.69) is 0 Å². The molecule has 1 aliphatic rings. The van der Waals surface area contributed by atoms with E-state index >= 15 is 0 Å². The minimum Gasteiger partial charge on any atom is -0.550 e. The van der Waals surface area contributed by atoms with Crippen LogP contribution < -0.4 is 5.11 Å². The van der Waals surface area contributed by atoms with Crippen molar-refractivity contribution < 1.29 is 15.0 Å². The monoisotopic (exact) mass is 191 g/mol. The van der Waals surface area contributed by atoms with Crippen LogP contribution in [0.2, 0.25) is 0 Å². The number of rotatable bonds is 3. The Hall–Kier alpha value is -1.51. The van der Waals surface area contributed by atoms with E-state index in [9.17, 15) is 15.0 Å². The summed E-state index contributed by atoms with van der Waals surface area (Å²) in [5, 5.41) is 19.6. The standard InChI is InChI=1S/C11H12O3/c12-9-3-1-2-7(4-9)10-5-8(10)6-11(13)14/h1-4,8,10,12H,5-6H2,(H,13,14)/p-1. The zero-order valence-electron chi connectivity index (χ0n) is 7.64. The Morgan fingerprint density at radius 3 is 3.00 bits per heavy atom. The lowest BCUT2D eigenvalue weighted by atomic mass is 10.1. The van der Waals surface area contributed by atoms with Crippen molar-refractivity contribution >= 4 is 5.97 Å². The van der Waals surface area contributed by atoms with Crippen molar-refractivity contribution in [3.05, 3.63) is 29.8 Å². The summed E-state index contributed by atoms with van der Waals surface area (Å²) in [7, 11) is 0. The van der Waals surface area contributed by atoms with Crippen molar-refractivity contribution in [1.29, 1.82) is 0 Å². The van der Waals surface area contributed by atoms with E-state index in [-0.39, 0.29) is 18.1 Å². The summed E-state index contributed by atoms with van der Waals surface area (Å²) in [5.41, 5.74) is 1.02. The van der Waals surface area contributed by atoms with Gasteiger partial charge in [-0.15, -0.1) is 0 Å². The molecule has 0 saturated heterocycles. The predicted octanol–water partition coefficient (Wildman–Crippen LogP) is 0.636. The Labute approximate surface area is 82.0 Å². The fourth-order valence-electron chi connectivity index (χ4n) is 1.85. The number of phenolic OH excluding ortho intramolecular Hbond substituents is 1. The SMILES string of the molecule is O=C([O-])CC1CC1c1cccc(O)c1. The third-order valence-corrected chi connectivity index (χ3v) is 2.65. The van der Waals surface area contributed by atoms with Gasteiger partial charge >= 0.3 is 0 Å². The van der Waals surface area contributed by atoms with E-state index in [0.717, 1.165) is 12.0 Å². The van der Waals surface area contributed by atoms with Gasteiger partial charge in [-0.25, -0.2) is 0 Å². The summed E-state index contributed by atoms with van der Waals surface area (Å²) in [6.45, 7) is 0. The van der Waals surface area contributed by atoms with Crippen LogP contribution in [0.4, 0.5) is 0 Å². The minimum atomic E-state index is -0.988. The third kappa shape index (κ3) is 1.87. The molecular formula is C11H11O3-. The first-order valence-corrected chi connectivity index (χ1v) is 4.65. The molecule has 2 rings (SSSR count). The molecule has 74 valence electrons. The van der Waals surface area contributed by atoms with Crippen LogP contribution in [0.3, 0.4) is 0 Å². The number of carboxylic acids is 1. The van der Waals surface area contributed by atoms with Crippen LogP contribution in [0.5, 0.6) is 5.75 Å². The fourth-order valence-corrected chi connectivity index (χ4v) is 1.85. The summed E-state index contributed by atoms with van der Waals surface area (Å²) in [5.74, 6) is -0.263. The van der Waals surface area contributed by atoms with Gasteiger partial charge in [0.2, 0.25) is 0 Å². The number of aliphatic carboxylic acids is 1. The van der Waals surface area contributed by atoms with Crippen LogP contribution in [-0.4, -0.2) is 11.1 Å². The van der Waals surface area contributed by atoms with Crippen LogP contribution in [0, 0.1) is 5.92 Å². The molecule has 0 radical (unpaired) electrons. The Bertz CT molecular complexity index is 359. The molecule has 0 heterocycles. The number of benzene rings is 1. The average Bonchev–Trinajstić information content (AvgIpc) is 2.82. The van der Waals surface area contributed by atoms with Crippen molar-refractivity contribution in [2.24, 2.45) is 5.92 Å². The maximum Gasteiger partial charge on any atom is 0.115 e. The van der Waals surface area contributed by atoms with E-state index in [1.165, 1.54) is 0 Å². The highest BCUT2D eigenvalue weighted by Crippen LogP contribution is 2.49. The predicted molar refractivity (Wildman–Crippen MR) is 48.6 cm³/mol. The number of aromatic hydroxyl groups is 1. The van der Waals surface area contributed by atoms with Gasteiger partial charge in [-0.3, -0.25) is 0 Å². The van der Waals surface area contributed by atoms with E-state index in [4.69, 9.17) is 0 Å².